The highest BCUT2D eigenvalue weighted by Gasteiger charge is 2.17. The molecule has 0 aliphatic heterocycles. The van der Waals surface area contributed by atoms with Gasteiger partial charge in [-0.2, -0.15) is 0 Å². The zero-order valence-electron chi connectivity index (χ0n) is 17.6. The lowest BCUT2D eigenvalue weighted by Gasteiger charge is -2.07. The third-order valence-electron chi connectivity index (χ3n) is 4.37. The van der Waals surface area contributed by atoms with Crippen molar-refractivity contribution in [2.75, 3.05) is 24.8 Å². The molecule has 1 amide bonds. The number of aromatic nitrogens is 3. The minimum absolute atomic E-state index is 0.134. The van der Waals surface area contributed by atoms with E-state index in [0.29, 0.717) is 28.2 Å². The van der Waals surface area contributed by atoms with Crippen molar-refractivity contribution in [3.05, 3.63) is 41.3 Å². The Morgan fingerprint density at radius 3 is 2.68 bits per heavy atom. The summed E-state index contributed by atoms with van der Waals surface area (Å²) in [5.41, 5.74) is 1.25. The first-order valence-electron chi connectivity index (χ1n) is 9.74. The number of amides is 1. The van der Waals surface area contributed by atoms with E-state index in [1.807, 2.05) is 35.9 Å². The van der Waals surface area contributed by atoms with Crippen LogP contribution in [-0.2, 0) is 16.6 Å². The molecule has 31 heavy (non-hydrogen) atoms. The predicted octanol–water partition coefficient (Wildman–Crippen LogP) is 4.24. The first kappa shape index (κ1) is 22.8. The van der Waals surface area contributed by atoms with Gasteiger partial charge >= 0.3 is 5.97 Å². The third kappa shape index (κ3) is 5.86. The molecule has 3 aromatic rings. The molecule has 1 aromatic carbocycles. The first-order chi connectivity index (χ1) is 15.0. The van der Waals surface area contributed by atoms with Gasteiger partial charge in [-0.25, -0.2) is 4.79 Å². The average Bonchev–Trinajstić information content (AvgIpc) is 3.39. The molecule has 0 aliphatic carbocycles. The summed E-state index contributed by atoms with van der Waals surface area (Å²) in [6, 6.07) is 9.34. The number of benzene rings is 1. The lowest BCUT2D eigenvalue weighted by Crippen LogP contribution is -2.16. The highest BCUT2D eigenvalue weighted by Crippen LogP contribution is 2.26. The molecule has 2 aromatic heterocycles. The summed E-state index contributed by atoms with van der Waals surface area (Å²) in [6.07, 6.45) is 2.12. The fourth-order valence-corrected chi connectivity index (χ4v) is 4.20. The van der Waals surface area contributed by atoms with Crippen molar-refractivity contribution in [2.24, 2.45) is 7.05 Å². The van der Waals surface area contributed by atoms with Crippen LogP contribution < -0.4 is 10.1 Å². The van der Waals surface area contributed by atoms with Gasteiger partial charge in [0.25, 0.3) is 0 Å². The van der Waals surface area contributed by atoms with Crippen LogP contribution in [0.4, 0.5) is 5.00 Å². The summed E-state index contributed by atoms with van der Waals surface area (Å²) in [4.78, 5) is 24.1. The number of rotatable bonds is 10. The van der Waals surface area contributed by atoms with Gasteiger partial charge in [0.05, 0.1) is 25.0 Å². The third-order valence-corrected chi connectivity index (χ3v) is 6.22. The molecular weight excluding hydrogens is 436 g/mol. The van der Waals surface area contributed by atoms with Crippen LogP contribution in [0.1, 0.15) is 30.1 Å². The van der Waals surface area contributed by atoms with Gasteiger partial charge in [0.15, 0.2) is 11.0 Å². The number of esters is 1. The van der Waals surface area contributed by atoms with Crippen LogP contribution in [0.25, 0.3) is 11.4 Å². The number of carbonyl (C=O) groups is 2. The minimum atomic E-state index is -0.482. The summed E-state index contributed by atoms with van der Waals surface area (Å²) in [7, 11) is 3.16. The Balaban J connectivity index is 1.59. The fraction of sp³-hybridized carbons (Fsp3) is 0.333. The molecule has 0 spiro atoms. The van der Waals surface area contributed by atoms with E-state index in [1.54, 1.807) is 11.4 Å². The maximum atomic E-state index is 12.3. The van der Waals surface area contributed by atoms with Crippen LogP contribution in [-0.4, -0.2) is 46.1 Å². The summed E-state index contributed by atoms with van der Waals surface area (Å²) < 4.78 is 12.3. The van der Waals surface area contributed by atoms with Gasteiger partial charge in [-0.1, -0.05) is 25.1 Å². The number of hydrogen-bond donors (Lipinski definition) is 1. The second kappa shape index (κ2) is 11.0. The molecule has 10 heteroatoms. The number of unbranched alkanes of at least 4 members (excludes halogenated alkanes) is 1. The zero-order valence-corrected chi connectivity index (χ0v) is 19.2. The van der Waals surface area contributed by atoms with Crippen molar-refractivity contribution in [2.45, 2.75) is 24.9 Å². The molecule has 0 saturated heterocycles. The largest absolute Gasteiger partial charge is 0.494 e. The number of nitrogens with one attached hydrogen (secondary N) is 1. The number of hydrogen-bond acceptors (Lipinski definition) is 8. The van der Waals surface area contributed by atoms with Gasteiger partial charge in [0.2, 0.25) is 5.91 Å². The number of nitrogens with zero attached hydrogens (tertiary/aromatic N) is 3. The monoisotopic (exact) mass is 460 g/mol. The van der Waals surface area contributed by atoms with Gasteiger partial charge in [-0.05, 0) is 42.1 Å². The maximum absolute atomic E-state index is 12.3. The number of thiophene rings is 1. The molecule has 3 rings (SSSR count). The van der Waals surface area contributed by atoms with Crippen molar-refractivity contribution >= 4 is 40.0 Å². The molecule has 0 saturated carbocycles. The summed E-state index contributed by atoms with van der Waals surface area (Å²) in [6.45, 7) is 2.83. The van der Waals surface area contributed by atoms with Gasteiger partial charge in [0.1, 0.15) is 10.8 Å². The molecule has 0 radical (unpaired) electrons. The quantitative estimate of drug-likeness (QED) is 0.275. The maximum Gasteiger partial charge on any atom is 0.340 e. The van der Waals surface area contributed by atoms with E-state index in [2.05, 4.69) is 22.4 Å². The van der Waals surface area contributed by atoms with Gasteiger partial charge in [-0.3, -0.25) is 4.79 Å². The Bertz CT molecular complexity index is 1030. The molecule has 1 N–H and O–H groups in total. The van der Waals surface area contributed by atoms with Gasteiger partial charge in [-0.15, -0.1) is 21.5 Å². The summed E-state index contributed by atoms with van der Waals surface area (Å²) >= 11 is 2.54. The van der Waals surface area contributed by atoms with Crippen LogP contribution in [0.15, 0.2) is 40.9 Å². The summed E-state index contributed by atoms with van der Waals surface area (Å²) in [5, 5.41) is 14.0. The molecule has 0 bridgehead atoms. The second-order valence-electron chi connectivity index (χ2n) is 6.58. The van der Waals surface area contributed by atoms with E-state index in [9.17, 15) is 9.59 Å². The number of anilines is 1. The molecule has 0 fully saturated rings. The lowest BCUT2D eigenvalue weighted by molar-refractivity contribution is -0.113. The first-order valence-corrected chi connectivity index (χ1v) is 11.6. The van der Waals surface area contributed by atoms with Crippen molar-refractivity contribution in [3.63, 3.8) is 0 Å². The van der Waals surface area contributed by atoms with E-state index in [0.717, 1.165) is 24.2 Å². The zero-order chi connectivity index (χ0) is 22.2. The van der Waals surface area contributed by atoms with Crippen molar-refractivity contribution in [1.82, 2.24) is 14.8 Å². The lowest BCUT2D eigenvalue weighted by atomic mass is 10.2. The molecule has 2 heterocycles. The van der Waals surface area contributed by atoms with Crippen LogP contribution >= 0.6 is 23.1 Å². The predicted molar refractivity (Wildman–Crippen MR) is 122 cm³/mol. The molecule has 8 nitrogen and oxygen atoms in total. The highest BCUT2D eigenvalue weighted by atomic mass is 32.2. The fourth-order valence-electron chi connectivity index (χ4n) is 2.70. The normalized spacial score (nSPS) is 10.7. The van der Waals surface area contributed by atoms with Crippen LogP contribution in [0.5, 0.6) is 5.75 Å². The van der Waals surface area contributed by atoms with E-state index in [-0.39, 0.29) is 11.7 Å². The van der Waals surface area contributed by atoms with Crippen LogP contribution in [0.2, 0.25) is 0 Å². The van der Waals surface area contributed by atoms with Crippen LogP contribution in [0.3, 0.4) is 0 Å². The Labute approximate surface area is 189 Å². The number of ether oxygens (including phenoxy) is 2. The molecule has 0 unspecified atom stereocenters. The van der Waals surface area contributed by atoms with Crippen molar-refractivity contribution in [1.29, 1.82) is 0 Å². The Morgan fingerprint density at radius 1 is 1.19 bits per heavy atom. The topological polar surface area (TPSA) is 95.3 Å². The van der Waals surface area contributed by atoms with E-state index < -0.39 is 5.97 Å². The van der Waals surface area contributed by atoms with E-state index in [4.69, 9.17) is 9.47 Å². The molecule has 0 atom stereocenters. The number of methoxy groups -OCH3 is 1. The van der Waals surface area contributed by atoms with Gasteiger partial charge < -0.3 is 19.4 Å². The van der Waals surface area contributed by atoms with Crippen molar-refractivity contribution < 1.29 is 19.1 Å². The smallest absolute Gasteiger partial charge is 0.340 e. The Kier molecular flexibility index (Phi) is 8.07. The second-order valence-corrected chi connectivity index (χ2v) is 8.44. The highest BCUT2D eigenvalue weighted by molar-refractivity contribution is 7.99. The van der Waals surface area contributed by atoms with Crippen molar-refractivity contribution in [3.8, 4) is 17.1 Å². The Hall–Kier alpha value is -2.85. The molecule has 164 valence electrons. The molecular formula is C21H24N4O4S2. The van der Waals surface area contributed by atoms with E-state index >= 15 is 0 Å². The average molecular weight is 461 g/mol. The van der Waals surface area contributed by atoms with Crippen LogP contribution in [0, 0.1) is 0 Å². The standard InChI is InChI=1S/C21H24N4O4S2/c1-4-5-11-29-15-8-6-14(7-9-15)18-23-24-21(25(18)2)31-13-17(26)22-19-16(10-12-30-19)20(27)28-3/h6-10,12H,4-5,11,13H2,1-3H3,(H,22,26). The Morgan fingerprint density at radius 2 is 1.97 bits per heavy atom. The van der Waals surface area contributed by atoms with E-state index in [1.165, 1.54) is 30.2 Å². The van der Waals surface area contributed by atoms with Gasteiger partial charge in [0, 0.05) is 12.6 Å². The number of thioether (sulfide) groups is 1. The summed E-state index contributed by atoms with van der Waals surface area (Å²) in [5.74, 6) is 0.939. The SMILES string of the molecule is CCCCOc1ccc(-c2nnc(SCC(=O)Nc3sccc3C(=O)OC)n2C)cc1. The molecule has 0 aliphatic rings. The minimum Gasteiger partial charge on any atom is -0.494 e. The number of carbonyl (C=O) groups excluding carboxylic acids is 2.